The van der Waals surface area contributed by atoms with Crippen molar-refractivity contribution in [3.8, 4) is 0 Å². The Balaban J connectivity index is 3.04. The van der Waals surface area contributed by atoms with E-state index in [1.807, 2.05) is 0 Å². The molecule has 0 aromatic heterocycles. The van der Waals surface area contributed by atoms with E-state index >= 15 is 0 Å². The van der Waals surface area contributed by atoms with Crippen LogP contribution < -0.4 is 5.11 Å². The van der Waals surface area contributed by atoms with E-state index in [4.69, 9.17) is 5.11 Å². The van der Waals surface area contributed by atoms with Crippen LogP contribution in [0.25, 0.3) is 0 Å². The van der Waals surface area contributed by atoms with Crippen LogP contribution in [0.3, 0.4) is 0 Å². The number of aliphatic hydroxyl groups excluding tert-OH is 1. The lowest BCUT2D eigenvalue weighted by Gasteiger charge is -2.10. The minimum atomic E-state index is -1.34. The molecule has 138 valence electrons. The first-order valence-corrected chi connectivity index (χ1v) is 10.1. The molecule has 0 rings (SSSR count). The van der Waals surface area contributed by atoms with Crippen molar-refractivity contribution < 1.29 is 15.0 Å². The second kappa shape index (κ2) is 17.8. The molecule has 0 aliphatic rings. The molecule has 3 nitrogen and oxygen atoms in total. The molecule has 0 radical (unpaired) electrons. The first-order valence-electron chi connectivity index (χ1n) is 10.1. The van der Waals surface area contributed by atoms with E-state index in [0.29, 0.717) is 6.42 Å². The summed E-state index contributed by atoms with van der Waals surface area (Å²) < 4.78 is 0. The standard InChI is InChI=1S/C20H40O3/c1-2-3-4-5-6-7-8-9-10-11-12-13-14-15-16-17-18-19(21)20(22)23/h19,21H,2-18H2,1H3,(H,22,23)/p-1. The van der Waals surface area contributed by atoms with Gasteiger partial charge in [-0.3, -0.25) is 0 Å². The van der Waals surface area contributed by atoms with Crippen LogP contribution >= 0.6 is 0 Å². The second-order valence-corrected chi connectivity index (χ2v) is 6.93. The van der Waals surface area contributed by atoms with Gasteiger partial charge in [0.1, 0.15) is 0 Å². The maximum Gasteiger partial charge on any atom is 0.0933 e. The number of carboxylic acids is 1. The SMILES string of the molecule is CCCCCCCCCCCCCCCCCCC(O)C(=O)[O-]. The molecule has 0 saturated heterocycles. The van der Waals surface area contributed by atoms with Crippen LogP contribution in [0.4, 0.5) is 0 Å². The zero-order valence-corrected chi connectivity index (χ0v) is 15.4. The van der Waals surface area contributed by atoms with Crippen molar-refractivity contribution in [3.05, 3.63) is 0 Å². The van der Waals surface area contributed by atoms with Crippen LogP contribution in [0.1, 0.15) is 116 Å². The minimum absolute atomic E-state index is 0.334. The van der Waals surface area contributed by atoms with Crippen LogP contribution in [0.15, 0.2) is 0 Å². The van der Waals surface area contributed by atoms with Gasteiger partial charge in [-0.2, -0.15) is 0 Å². The number of hydrogen-bond donors (Lipinski definition) is 1. The average molecular weight is 328 g/mol. The molecule has 0 aromatic rings. The fourth-order valence-corrected chi connectivity index (χ4v) is 3.00. The summed E-state index contributed by atoms with van der Waals surface area (Å²) in [4.78, 5) is 10.3. The molecule has 0 aliphatic heterocycles. The van der Waals surface area contributed by atoms with Crippen molar-refractivity contribution >= 4 is 5.97 Å². The van der Waals surface area contributed by atoms with Gasteiger partial charge in [0.05, 0.1) is 12.1 Å². The third-order valence-corrected chi connectivity index (χ3v) is 4.60. The zero-order chi connectivity index (χ0) is 17.2. The van der Waals surface area contributed by atoms with Gasteiger partial charge in [0.15, 0.2) is 0 Å². The van der Waals surface area contributed by atoms with Gasteiger partial charge >= 0.3 is 0 Å². The van der Waals surface area contributed by atoms with Gasteiger partial charge in [0.25, 0.3) is 0 Å². The highest BCUT2D eigenvalue weighted by Crippen LogP contribution is 2.14. The normalized spacial score (nSPS) is 12.4. The lowest BCUT2D eigenvalue weighted by atomic mass is 10.0. The van der Waals surface area contributed by atoms with E-state index < -0.39 is 12.1 Å². The van der Waals surface area contributed by atoms with Crippen molar-refractivity contribution in [1.29, 1.82) is 0 Å². The Labute approximate surface area is 143 Å². The fourth-order valence-electron chi connectivity index (χ4n) is 3.00. The summed E-state index contributed by atoms with van der Waals surface area (Å²) >= 11 is 0. The Hall–Kier alpha value is -0.570. The largest absolute Gasteiger partial charge is 0.547 e. The summed E-state index contributed by atoms with van der Waals surface area (Å²) in [7, 11) is 0. The third-order valence-electron chi connectivity index (χ3n) is 4.60. The summed E-state index contributed by atoms with van der Waals surface area (Å²) in [5.74, 6) is -1.34. The molecule has 0 saturated carbocycles. The fraction of sp³-hybridized carbons (Fsp3) is 0.950. The van der Waals surface area contributed by atoms with Gasteiger partial charge in [-0.25, -0.2) is 0 Å². The second-order valence-electron chi connectivity index (χ2n) is 6.93. The van der Waals surface area contributed by atoms with Crippen LogP contribution in [-0.2, 0) is 4.79 Å². The molecular weight excluding hydrogens is 288 g/mol. The Morgan fingerprint density at radius 2 is 1.00 bits per heavy atom. The van der Waals surface area contributed by atoms with E-state index in [1.165, 1.54) is 83.5 Å². The number of hydrogen-bond acceptors (Lipinski definition) is 3. The monoisotopic (exact) mass is 327 g/mol. The molecule has 0 spiro atoms. The van der Waals surface area contributed by atoms with E-state index in [2.05, 4.69) is 6.92 Å². The molecule has 0 bridgehead atoms. The summed E-state index contributed by atoms with van der Waals surface area (Å²) in [6.45, 7) is 2.27. The first-order chi connectivity index (χ1) is 11.2. The first kappa shape index (κ1) is 22.4. The Bertz CT molecular complexity index is 253. The summed E-state index contributed by atoms with van der Waals surface area (Å²) in [6, 6.07) is 0. The van der Waals surface area contributed by atoms with E-state index in [1.54, 1.807) is 0 Å². The Morgan fingerprint density at radius 3 is 1.30 bits per heavy atom. The Kier molecular flexibility index (Phi) is 17.3. The van der Waals surface area contributed by atoms with E-state index in [0.717, 1.165) is 19.3 Å². The van der Waals surface area contributed by atoms with Gasteiger partial charge in [0.2, 0.25) is 0 Å². The highest BCUT2D eigenvalue weighted by molar-refractivity contribution is 5.69. The van der Waals surface area contributed by atoms with E-state index in [9.17, 15) is 9.90 Å². The van der Waals surface area contributed by atoms with Gasteiger partial charge < -0.3 is 15.0 Å². The van der Waals surface area contributed by atoms with Gasteiger partial charge in [0, 0.05) is 0 Å². The molecule has 0 aromatic carbocycles. The molecule has 0 amide bonds. The van der Waals surface area contributed by atoms with Gasteiger partial charge in [-0.05, 0) is 6.42 Å². The number of carboxylic acid groups (broad SMARTS) is 1. The van der Waals surface area contributed by atoms with Crippen molar-refractivity contribution in [3.63, 3.8) is 0 Å². The molecule has 0 aliphatic carbocycles. The number of aliphatic hydroxyl groups is 1. The molecule has 3 heteroatoms. The molecule has 0 heterocycles. The lowest BCUT2D eigenvalue weighted by Crippen LogP contribution is -2.35. The third kappa shape index (κ3) is 17.6. The molecule has 1 atom stereocenters. The molecule has 1 unspecified atom stereocenters. The van der Waals surface area contributed by atoms with Crippen LogP contribution in [-0.4, -0.2) is 17.2 Å². The minimum Gasteiger partial charge on any atom is -0.547 e. The highest BCUT2D eigenvalue weighted by atomic mass is 16.4. The molecular formula is C20H39O3-. The summed E-state index contributed by atoms with van der Waals surface area (Å²) in [5.41, 5.74) is 0. The number of aliphatic carboxylic acids is 1. The molecule has 23 heavy (non-hydrogen) atoms. The number of carbonyl (C=O) groups is 1. The number of rotatable bonds is 18. The topological polar surface area (TPSA) is 60.4 Å². The predicted octanol–water partition coefficient (Wildman–Crippen LogP) is 4.75. The van der Waals surface area contributed by atoms with Crippen LogP contribution in [0.2, 0.25) is 0 Å². The predicted molar refractivity (Wildman–Crippen MR) is 95.2 cm³/mol. The van der Waals surface area contributed by atoms with Gasteiger partial charge in [-0.15, -0.1) is 0 Å². The number of carbonyl (C=O) groups excluding carboxylic acids is 1. The lowest BCUT2D eigenvalue weighted by molar-refractivity contribution is -0.315. The summed E-state index contributed by atoms with van der Waals surface area (Å²) in [6.07, 6.45) is 19.8. The average Bonchev–Trinajstić information content (AvgIpc) is 2.54. The molecule has 1 N–H and O–H groups in total. The zero-order valence-electron chi connectivity index (χ0n) is 15.4. The maximum atomic E-state index is 10.3. The van der Waals surface area contributed by atoms with Crippen molar-refractivity contribution in [2.75, 3.05) is 0 Å². The smallest absolute Gasteiger partial charge is 0.0933 e. The van der Waals surface area contributed by atoms with Gasteiger partial charge in [-0.1, -0.05) is 110 Å². The van der Waals surface area contributed by atoms with Crippen LogP contribution in [0.5, 0.6) is 0 Å². The van der Waals surface area contributed by atoms with Crippen molar-refractivity contribution in [1.82, 2.24) is 0 Å². The van der Waals surface area contributed by atoms with Crippen molar-refractivity contribution in [2.24, 2.45) is 0 Å². The van der Waals surface area contributed by atoms with Crippen molar-refractivity contribution in [2.45, 2.75) is 122 Å². The van der Waals surface area contributed by atoms with E-state index in [-0.39, 0.29) is 0 Å². The highest BCUT2D eigenvalue weighted by Gasteiger charge is 2.03. The molecule has 0 fully saturated rings. The Morgan fingerprint density at radius 1 is 0.696 bits per heavy atom. The summed E-state index contributed by atoms with van der Waals surface area (Å²) in [5, 5.41) is 19.4. The quantitative estimate of drug-likeness (QED) is 0.370. The van der Waals surface area contributed by atoms with Crippen LogP contribution in [0, 0.1) is 0 Å². The maximum absolute atomic E-state index is 10.3. The number of unbranched alkanes of at least 4 members (excludes halogenated alkanes) is 15.